The molecule has 0 aromatic carbocycles. The number of rotatable bonds is 16. The van der Waals surface area contributed by atoms with Crippen LogP contribution in [0.2, 0.25) is 0 Å². The fourth-order valence-corrected chi connectivity index (χ4v) is 16.5. The van der Waals surface area contributed by atoms with Crippen LogP contribution in [0.4, 0.5) is 46.7 Å². The van der Waals surface area contributed by atoms with Crippen molar-refractivity contribution in [1.29, 1.82) is 10.5 Å². The van der Waals surface area contributed by atoms with Crippen LogP contribution in [0.1, 0.15) is 64.4 Å². The SMILES string of the molecule is C[C@@]1(C#N)[C@H](O)[C@@H](CO)O[C@H]1n1cnc2c(N)ncnc21.C[C@@]1(N)[C@H](O)[C@@H](CO)O[C@H]1n1cnc2c(N)ncnc21.C[C@@]1(N=[N+]=[N-])[C@H](O)[C@@H](CO)O[C@H]1n1cnc2c(N)nc(N)nc21.N#C[C@@H]1[C@H](O)[C@@H](CO)O[C@H]1n1cnc2c(N)ncnc21.Nc1ccn([C@@H]2O[C@H](CO)[C@@H](O)[C@H]2N)c(=O)n1.Nc1ncnc2c1ncn2[C@@H]1O[C@H](CO)[C@@H](O)[C@H]1N.[N-]=[N+]=N[C@@H]1[C@H](O)[C@@H](CO)O[C@H]1n1cnc2c(N)ncnc21. The lowest BCUT2D eigenvalue weighted by Crippen LogP contribution is -2.52. The van der Waals surface area contributed by atoms with Gasteiger partial charge in [0.05, 0.1) is 126 Å². The second-order valence-electron chi connectivity index (χ2n) is 32.8. The van der Waals surface area contributed by atoms with Gasteiger partial charge in [0, 0.05) is 16.0 Å². The minimum absolute atomic E-state index is 0.0560. The molecule has 0 aliphatic carbocycles. The summed E-state index contributed by atoms with van der Waals surface area (Å²) in [6.45, 7) is 2.10. The number of nitriles is 2. The van der Waals surface area contributed by atoms with E-state index in [0.29, 0.717) is 61.3 Å². The summed E-state index contributed by atoms with van der Waals surface area (Å²) < 4.78 is 49.0. The van der Waals surface area contributed by atoms with Gasteiger partial charge >= 0.3 is 5.69 Å². The van der Waals surface area contributed by atoms with Crippen molar-refractivity contribution in [2.24, 2.45) is 38.8 Å². The van der Waals surface area contributed by atoms with Crippen molar-refractivity contribution in [2.45, 2.75) is 179 Å². The van der Waals surface area contributed by atoms with E-state index in [1.54, 1.807) is 23.0 Å². The Morgan fingerprint density at radius 2 is 0.759 bits per heavy atom. The van der Waals surface area contributed by atoms with Crippen molar-refractivity contribution in [2.75, 3.05) is 92.1 Å². The van der Waals surface area contributed by atoms with Gasteiger partial charge < -0.3 is 168 Å². The monoisotopic (exact) mass is 1970 g/mol. The molecule has 750 valence electrons. The van der Waals surface area contributed by atoms with E-state index in [2.05, 4.69) is 121 Å². The van der Waals surface area contributed by atoms with Crippen LogP contribution in [-0.4, -0.2) is 359 Å². The topological polar surface area (TPSA) is 1080 Å². The first-order valence-electron chi connectivity index (χ1n) is 42.0. The molecule has 0 radical (unpaired) electrons. The summed E-state index contributed by atoms with van der Waals surface area (Å²) in [4.78, 5) is 92.7. The van der Waals surface area contributed by atoms with Gasteiger partial charge in [0.25, 0.3) is 0 Å². The van der Waals surface area contributed by atoms with Crippen molar-refractivity contribution < 1.29 is 105 Å². The standard InChI is InChI=1S/C12H14N6O3.C11H15N9O3.C11H16N6O3.C11H12N6O3.C10H12N8O3.C10H14N6O3.C9H14N4O4/c1-12(3-13)8(20)6(2-19)21-11(12)18-5-17-7-9(14)15-4-16-10(7)18;1-11(18-19-14)6(22)4(2-21)23-9(11)20-3-15-5-7(12)16-10(13)17-8(5)20;1-11(13)7(19)5(2-18)20-10(11)17-4-16-6-8(12)14-3-15-9(6)17;12-1-5-8(19)6(2-18)20-11(5)17-4-16-7-9(13)14-3-15-10(7)17;11-8-6-9(14-2-13-8)18(3-15-6)10-5(16-17-12)7(20)4(1-19)21-10;11-5-7(18)4(1-17)19-10(5)16-3-15-6-8(12)13-2-14-9(6)16;10-5-1-2-13(9(16)12-5)8-6(11)7(15)4(3-14)17-8/h4-6,8,11,19-20H,2H2,1H3,(H2,14,15,16);3-4,6,9,21-22H,2H2,1H3,(H4,12,13,16,17);3-5,7,10,18-19H,2,13H2,1H3,(H2,12,14,15);3-6,8,11,18-19H,2H2,(H2,13,14,15);2-5,7,10,19-20H,1H2,(H2,11,13,14);2-5,7,10,17-18H,1,11H2,(H2,12,13,14);1-2,4,6-8,14-15H,3,11H2,(H2,10,12,16)/t6-,8-,11-,12-;4-,6-,9-,11-;5-,7-,10-,11-;5-,6-,8+,11-;2*4-,5-,7-,10-;4-,6-,7-,8-/m1111111/s1. The van der Waals surface area contributed by atoms with E-state index in [4.69, 9.17) is 123 Å². The van der Waals surface area contributed by atoms with Crippen LogP contribution >= 0.6 is 0 Å². The van der Waals surface area contributed by atoms with Gasteiger partial charge in [-0.15, -0.1) is 0 Å². The first-order valence-corrected chi connectivity index (χ1v) is 42.0. The molecule has 67 heteroatoms. The lowest BCUT2D eigenvalue weighted by Gasteiger charge is -2.28. The predicted molar refractivity (Wildman–Crippen MR) is 477 cm³/mol. The van der Waals surface area contributed by atoms with Crippen molar-refractivity contribution in [1.82, 2.24) is 127 Å². The Hall–Kier alpha value is -14.8. The number of hydrogen-bond acceptors (Lipinski definition) is 56. The molecule has 13 aromatic heterocycles. The van der Waals surface area contributed by atoms with E-state index in [1.165, 1.54) is 107 Å². The quantitative estimate of drug-likeness (QED) is 0.0243. The number of aliphatic hydroxyl groups excluding tert-OH is 14. The smallest absolute Gasteiger partial charge is 0.351 e. The number of azide groups is 2. The third kappa shape index (κ3) is 19.0. The number of nitrogens with zero attached hydrogens (tertiary/aromatic N) is 34. The molecule has 7 aliphatic heterocycles. The molecule has 0 amide bonds. The molecular formula is C74H97N45O22. The van der Waals surface area contributed by atoms with Gasteiger partial charge in [0.15, 0.2) is 106 Å². The fourth-order valence-electron chi connectivity index (χ4n) is 16.5. The number of nitrogens with two attached hydrogens (primary N) is 11. The molecule has 36 N–H and O–H groups in total. The summed E-state index contributed by atoms with van der Waals surface area (Å²) in [6, 6.07) is 3.06. The minimum atomic E-state index is -1.38. The van der Waals surface area contributed by atoms with E-state index in [9.17, 15) is 71.5 Å². The van der Waals surface area contributed by atoms with Crippen LogP contribution in [0.5, 0.6) is 0 Å². The fraction of sp³-hybridized carbons (Fsp3) is 0.514. The third-order valence-corrected chi connectivity index (χ3v) is 24.1. The van der Waals surface area contributed by atoms with E-state index in [1.807, 2.05) is 6.07 Å². The second-order valence-corrected chi connectivity index (χ2v) is 32.8. The molecule has 20 rings (SSSR count). The molecule has 7 aliphatic rings. The zero-order chi connectivity index (χ0) is 102. The molecule has 28 atom stereocenters. The number of ether oxygens (including phenoxy) is 7. The van der Waals surface area contributed by atoms with E-state index in [-0.39, 0.29) is 78.7 Å². The largest absolute Gasteiger partial charge is 0.394 e. The van der Waals surface area contributed by atoms with Crippen LogP contribution < -0.4 is 68.8 Å². The summed E-state index contributed by atoms with van der Waals surface area (Å²) >= 11 is 0. The molecule has 141 heavy (non-hydrogen) atoms. The Morgan fingerprint density at radius 1 is 0.404 bits per heavy atom. The van der Waals surface area contributed by atoms with E-state index >= 15 is 0 Å². The zero-order valence-electron chi connectivity index (χ0n) is 74.0. The van der Waals surface area contributed by atoms with E-state index < -0.39 is 195 Å². The van der Waals surface area contributed by atoms with Crippen molar-refractivity contribution in [3.05, 3.63) is 113 Å². The number of hydrogen-bond donors (Lipinski definition) is 25. The van der Waals surface area contributed by atoms with Crippen molar-refractivity contribution in [3.8, 4) is 12.1 Å². The molecule has 13 aromatic rings. The van der Waals surface area contributed by atoms with Crippen LogP contribution in [0.15, 0.2) is 96.9 Å². The maximum Gasteiger partial charge on any atom is 0.351 e. The number of aromatic nitrogens is 26. The second kappa shape index (κ2) is 42.1. The number of anilines is 8. The Labute approximate surface area is 787 Å². The van der Waals surface area contributed by atoms with Crippen LogP contribution in [0.25, 0.3) is 87.9 Å². The average molecular weight is 1970 g/mol. The summed E-state index contributed by atoms with van der Waals surface area (Å²) in [5.74, 6) is 0.455. The molecule has 0 bridgehead atoms. The first-order chi connectivity index (χ1) is 67.4. The van der Waals surface area contributed by atoms with Gasteiger partial charge in [-0.3, -0.25) is 32.0 Å². The maximum atomic E-state index is 11.6. The lowest BCUT2D eigenvalue weighted by atomic mass is 9.84. The summed E-state index contributed by atoms with van der Waals surface area (Å²) in [7, 11) is 0. The van der Waals surface area contributed by atoms with Crippen LogP contribution in [-0.2, 0) is 33.2 Å². The highest BCUT2D eigenvalue weighted by molar-refractivity contribution is 5.85. The average Bonchev–Trinajstić information content (AvgIpc) is 1.59. The lowest BCUT2D eigenvalue weighted by molar-refractivity contribution is -0.0469. The van der Waals surface area contributed by atoms with Gasteiger partial charge in [0.1, 0.15) is 173 Å². The van der Waals surface area contributed by atoms with Crippen molar-refractivity contribution in [3.63, 3.8) is 0 Å². The first kappa shape index (κ1) is 102. The number of nitrogen functional groups attached to an aromatic ring is 8. The molecule has 7 fully saturated rings. The Bertz CT molecular complexity index is 6870. The number of fused-ring (bicyclic) bond motifs is 6. The predicted octanol–water partition coefficient (Wildman–Crippen LogP) is -9.60. The molecule has 0 saturated carbocycles. The van der Waals surface area contributed by atoms with E-state index in [0.717, 1.165) is 4.57 Å². The number of aliphatic hydroxyl groups is 14. The van der Waals surface area contributed by atoms with Gasteiger partial charge in [-0.2, -0.15) is 25.5 Å². The highest BCUT2D eigenvalue weighted by atomic mass is 16.6. The molecule has 20 heterocycles. The maximum absolute atomic E-state index is 11.6. The van der Waals surface area contributed by atoms with Crippen molar-refractivity contribution >= 4 is 114 Å². The highest BCUT2D eigenvalue weighted by Gasteiger charge is 2.58. The van der Waals surface area contributed by atoms with Gasteiger partial charge in [-0.05, 0) is 37.9 Å². The number of imidazole rings is 6. The molecule has 0 spiro atoms. The Balaban J connectivity index is 0.000000131. The minimum Gasteiger partial charge on any atom is -0.394 e. The van der Waals surface area contributed by atoms with Gasteiger partial charge in [0.2, 0.25) is 5.95 Å². The molecule has 67 nitrogen and oxygen atoms in total. The normalized spacial score (nSPS) is 31.2. The zero-order valence-corrected chi connectivity index (χ0v) is 74.0. The molecular weight excluding hydrogens is 1870 g/mol. The van der Waals surface area contributed by atoms with Gasteiger partial charge in [-0.1, -0.05) is 10.2 Å². The summed E-state index contributed by atoms with van der Waals surface area (Å²) in [5.41, 5.74) is 80.9. The molecule has 7 saturated heterocycles. The Morgan fingerprint density at radius 3 is 1.17 bits per heavy atom. The summed E-state index contributed by atoms with van der Waals surface area (Å²) in [5, 5.41) is 160. The van der Waals surface area contributed by atoms with Crippen LogP contribution in [0, 0.1) is 34.0 Å². The molecule has 0 unspecified atom stereocenters. The highest BCUT2D eigenvalue weighted by Crippen LogP contribution is 2.48. The Kier molecular flexibility index (Phi) is 30.5. The summed E-state index contributed by atoms with van der Waals surface area (Å²) in [6.07, 6.45) is -2.48. The van der Waals surface area contributed by atoms with Gasteiger partial charge in [-0.25, -0.2) is 84.5 Å². The van der Waals surface area contributed by atoms with Crippen LogP contribution in [0.3, 0.4) is 0 Å². The third-order valence-electron chi connectivity index (χ3n) is 24.1.